The minimum Gasteiger partial charge on any atom is -0.323 e. The Hall–Kier alpha value is -0.770. The van der Waals surface area contributed by atoms with Gasteiger partial charge in [-0.2, -0.15) is 0 Å². The summed E-state index contributed by atoms with van der Waals surface area (Å²) in [5, 5.41) is 3.30. The van der Waals surface area contributed by atoms with Gasteiger partial charge in [-0.15, -0.1) is 0 Å². The molecule has 0 saturated carbocycles. The zero-order valence-corrected chi connectivity index (χ0v) is 7.42. The molecule has 0 unspecified atom stereocenters. The summed E-state index contributed by atoms with van der Waals surface area (Å²) < 4.78 is 0. The molecule has 0 aromatic rings. The molecule has 68 valence electrons. The maximum absolute atomic E-state index is 11.6. The van der Waals surface area contributed by atoms with E-state index in [0.717, 1.165) is 32.7 Å². The van der Waals surface area contributed by atoms with Gasteiger partial charge in [0, 0.05) is 32.7 Å². The first-order valence-electron chi connectivity index (χ1n) is 4.59. The van der Waals surface area contributed by atoms with Gasteiger partial charge in [-0.3, -0.25) is 0 Å². The second-order valence-electron chi connectivity index (χ2n) is 3.37. The molecule has 2 fully saturated rings. The van der Waals surface area contributed by atoms with Crippen LogP contribution >= 0.6 is 0 Å². The lowest BCUT2D eigenvalue weighted by Gasteiger charge is -2.28. The van der Waals surface area contributed by atoms with Crippen LogP contribution in [0.2, 0.25) is 0 Å². The van der Waals surface area contributed by atoms with Crippen molar-refractivity contribution in [2.75, 3.05) is 32.7 Å². The van der Waals surface area contributed by atoms with Crippen LogP contribution in [0.3, 0.4) is 0 Å². The quantitative estimate of drug-likeness (QED) is 0.586. The van der Waals surface area contributed by atoms with E-state index in [2.05, 4.69) is 5.32 Å². The fraction of sp³-hybridized carbons (Fsp3) is 0.875. The van der Waals surface area contributed by atoms with Crippen LogP contribution < -0.4 is 5.32 Å². The number of urea groups is 1. The molecular formula is C8H15N3O. The maximum Gasteiger partial charge on any atom is 0.320 e. The maximum atomic E-state index is 11.6. The number of piperazine rings is 1. The second-order valence-corrected chi connectivity index (χ2v) is 3.37. The summed E-state index contributed by atoms with van der Waals surface area (Å²) in [5.41, 5.74) is 0. The number of nitrogens with zero attached hydrogens (tertiary/aromatic N) is 2. The van der Waals surface area contributed by atoms with Crippen LogP contribution in [-0.2, 0) is 0 Å². The number of carbonyl (C=O) groups is 1. The number of amides is 2. The Morgan fingerprint density at radius 2 is 2.50 bits per heavy atom. The van der Waals surface area contributed by atoms with Gasteiger partial charge < -0.3 is 15.1 Å². The Bertz CT molecular complexity index is 195. The first kappa shape index (κ1) is 7.86. The molecule has 2 aliphatic heterocycles. The van der Waals surface area contributed by atoms with Gasteiger partial charge in [0.25, 0.3) is 0 Å². The molecule has 2 aliphatic rings. The molecule has 2 rings (SSSR count). The van der Waals surface area contributed by atoms with Crippen LogP contribution in [0.4, 0.5) is 4.79 Å². The molecule has 0 bridgehead atoms. The summed E-state index contributed by atoms with van der Waals surface area (Å²) in [7, 11) is 0. The smallest absolute Gasteiger partial charge is 0.320 e. The third kappa shape index (κ3) is 1.06. The predicted molar refractivity (Wildman–Crippen MR) is 46.0 cm³/mol. The van der Waals surface area contributed by atoms with Crippen LogP contribution in [0.15, 0.2) is 0 Å². The van der Waals surface area contributed by atoms with E-state index < -0.39 is 0 Å². The van der Waals surface area contributed by atoms with Crippen molar-refractivity contribution in [3.63, 3.8) is 0 Å². The second kappa shape index (κ2) is 2.94. The Morgan fingerprint density at radius 3 is 3.17 bits per heavy atom. The summed E-state index contributed by atoms with van der Waals surface area (Å²) in [6.07, 6.45) is 0. The summed E-state index contributed by atoms with van der Waals surface area (Å²) in [5.74, 6) is 0. The van der Waals surface area contributed by atoms with Gasteiger partial charge in [0.15, 0.2) is 0 Å². The molecule has 0 aliphatic carbocycles. The molecule has 1 N–H and O–H groups in total. The highest BCUT2D eigenvalue weighted by Crippen LogP contribution is 2.16. The third-order valence-corrected chi connectivity index (χ3v) is 2.68. The molecule has 0 radical (unpaired) electrons. The normalized spacial score (nSPS) is 29.4. The molecule has 0 aromatic heterocycles. The SMILES string of the molecule is CCN1C[C@@H]2CNCCN2C1=O. The fourth-order valence-electron chi connectivity index (χ4n) is 1.95. The summed E-state index contributed by atoms with van der Waals surface area (Å²) in [6, 6.07) is 0.648. The predicted octanol–water partition coefficient (Wildman–Crippen LogP) is -0.284. The molecule has 0 spiro atoms. The number of rotatable bonds is 1. The van der Waals surface area contributed by atoms with Gasteiger partial charge in [0.05, 0.1) is 6.04 Å². The first-order valence-corrected chi connectivity index (χ1v) is 4.59. The van der Waals surface area contributed by atoms with E-state index in [4.69, 9.17) is 0 Å². The van der Waals surface area contributed by atoms with Crippen LogP contribution in [0.25, 0.3) is 0 Å². The lowest BCUT2D eigenvalue weighted by Crippen LogP contribution is -2.49. The van der Waals surface area contributed by atoms with E-state index in [0.29, 0.717) is 6.04 Å². The summed E-state index contributed by atoms with van der Waals surface area (Å²) in [6.45, 7) is 6.56. The molecule has 0 aromatic carbocycles. The molecular weight excluding hydrogens is 154 g/mol. The van der Waals surface area contributed by atoms with E-state index in [1.54, 1.807) is 0 Å². The number of carbonyl (C=O) groups excluding carboxylic acids is 1. The highest BCUT2D eigenvalue weighted by molar-refractivity contribution is 5.77. The van der Waals surface area contributed by atoms with Crippen LogP contribution in [-0.4, -0.2) is 54.6 Å². The zero-order chi connectivity index (χ0) is 8.55. The highest BCUT2D eigenvalue weighted by atomic mass is 16.2. The molecule has 1 atom stereocenters. The van der Waals surface area contributed by atoms with Crippen molar-refractivity contribution in [3.8, 4) is 0 Å². The van der Waals surface area contributed by atoms with Gasteiger partial charge in [-0.25, -0.2) is 4.79 Å². The molecule has 2 saturated heterocycles. The third-order valence-electron chi connectivity index (χ3n) is 2.68. The fourth-order valence-corrected chi connectivity index (χ4v) is 1.95. The lowest BCUT2D eigenvalue weighted by atomic mass is 10.2. The molecule has 4 nitrogen and oxygen atoms in total. The van der Waals surface area contributed by atoms with Gasteiger partial charge in [0.2, 0.25) is 0 Å². The highest BCUT2D eigenvalue weighted by Gasteiger charge is 2.37. The minimum atomic E-state index is 0.226. The number of hydrogen-bond donors (Lipinski definition) is 1. The minimum absolute atomic E-state index is 0.226. The first-order chi connectivity index (χ1) is 5.83. The van der Waals surface area contributed by atoms with Crippen molar-refractivity contribution >= 4 is 6.03 Å². The Morgan fingerprint density at radius 1 is 1.67 bits per heavy atom. The van der Waals surface area contributed by atoms with E-state index in [1.165, 1.54) is 0 Å². The standard InChI is InChI=1S/C8H15N3O/c1-2-10-6-7-5-9-3-4-11(7)8(10)12/h7,9H,2-6H2,1H3/t7-/m0/s1. The summed E-state index contributed by atoms with van der Waals surface area (Å²) in [4.78, 5) is 15.5. The lowest BCUT2D eigenvalue weighted by molar-refractivity contribution is 0.180. The van der Waals surface area contributed by atoms with Crippen molar-refractivity contribution in [2.24, 2.45) is 0 Å². The van der Waals surface area contributed by atoms with E-state index in [1.807, 2.05) is 16.7 Å². The van der Waals surface area contributed by atoms with Crippen molar-refractivity contribution in [1.29, 1.82) is 0 Å². The monoisotopic (exact) mass is 169 g/mol. The Labute approximate surface area is 72.5 Å². The van der Waals surface area contributed by atoms with Crippen molar-refractivity contribution in [2.45, 2.75) is 13.0 Å². The van der Waals surface area contributed by atoms with E-state index in [9.17, 15) is 4.79 Å². The van der Waals surface area contributed by atoms with Crippen LogP contribution in [0.5, 0.6) is 0 Å². The largest absolute Gasteiger partial charge is 0.323 e. The van der Waals surface area contributed by atoms with Crippen molar-refractivity contribution < 1.29 is 4.79 Å². The van der Waals surface area contributed by atoms with Crippen molar-refractivity contribution in [1.82, 2.24) is 15.1 Å². The van der Waals surface area contributed by atoms with Gasteiger partial charge >= 0.3 is 6.03 Å². The van der Waals surface area contributed by atoms with Crippen molar-refractivity contribution in [3.05, 3.63) is 0 Å². The Balaban J connectivity index is 2.08. The number of nitrogens with one attached hydrogen (secondary N) is 1. The number of fused-ring (bicyclic) bond motifs is 1. The number of hydrogen-bond acceptors (Lipinski definition) is 2. The van der Waals surface area contributed by atoms with Crippen LogP contribution in [0.1, 0.15) is 6.92 Å². The van der Waals surface area contributed by atoms with Gasteiger partial charge in [-0.1, -0.05) is 0 Å². The average Bonchev–Trinajstić information content (AvgIpc) is 2.44. The van der Waals surface area contributed by atoms with Gasteiger partial charge in [0.1, 0.15) is 0 Å². The number of likely N-dealkylation sites (N-methyl/N-ethyl adjacent to an activating group) is 1. The zero-order valence-electron chi connectivity index (χ0n) is 7.42. The van der Waals surface area contributed by atoms with Crippen LogP contribution in [0, 0.1) is 0 Å². The van der Waals surface area contributed by atoms with Gasteiger partial charge in [-0.05, 0) is 6.92 Å². The summed E-state index contributed by atoms with van der Waals surface area (Å²) >= 11 is 0. The Kier molecular flexibility index (Phi) is 1.92. The van der Waals surface area contributed by atoms with E-state index in [-0.39, 0.29) is 6.03 Å². The molecule has 12 heavy (non-hydrogen) atoms. The van der Waals surface area contributed by atoms with E-state index >= 15 is 0 Å². The molecule has 2 amide bonds. The topological polar surface area (TPSA) is 35.6 Å². The average molecular weight is 169 g/mol. The molecule has 4 heteroatoms. The molecule has 2 heterocycles.